The number of hydrogen-bond donors (Lipinski definition) is 1. The molecule has 1 aromatic carbocycles. The summed E-state index contributed by atoms with van der Waals surface area (Å²) in [5.41, 5.74) is 8.55. The molecule has 0 saturated heterocycles. The van der Waals surface area contributed by atoms with Gasteiger partial charge in [0.1, 0.15) is 0 Å². The number of pyridine rings is 1. The van der Waals surface area contributed by atoms with Gasteiger partial charge in [0, 0.05) is 11.8 Å². The molecule has 1 heterocycles. The van der Waals surface area contributed by atoms with E-state index in [-0.39, 0.29) is 5.92 Å². The molecule has 0 fully saturated rings. The van der Waals surface area contributed by atoms with E-state index in [1.807, 2.05) is 50.2 Å². The summed E-state index contributed by atoms with van der Waals surface area (Å²) in [6.45, 7) is 4.08. The van der Waals surface area contributed by atoms with E-state index < -0.39 is 5.91 Å². The Morgan fingerprint density at radius 3 is 2.39 bits per heavy atom. The van der Waals surface area contributed by atoms with Gasteiger partial charge in [-0.15, -0.1) is 0 Å². The standard InChI is InChI=1S/C15H16N2O/c1-10(2)12-8-9-17-14(13(12)15(16)18)11-6-4-3-5-7-11/h3-10H,1-2H3,(H2,16,18). The highest BCUT2D eigenvalue weighted by molar-refractivity contribution is 6.00. The predicted molar refractivity (Wildman–Crippen MR) is 72.3 cm³/mol. The van der Waals surface area contributed by atoms with Crippen molar-refractivity contribution in [1.82, 2.24) is 4.98 Å². The molecule has 1 aromatic heterocycles. The number of nitrogens with zero attached hydrogens (tertiary/aromatic N) is 1. The zero-order valence-electron chi connectivity index (χ0n) is 10.6. The Kier molecular flexibility index (Phi) is 3.42. The van der Waals surface area contributed by atoms with Crippen LogP contribution < -0.4 is 5.73 Å². The fourth-order valence-corrected chi connectivity index (χ4v) is 2.03. The highest BCUT2D eigenvalue weighted by atomic mass is 16.1. The van der Waals surface area contributed by atoms with Crippen molar-refractivity contribution < 1.29 is 4.79 Å². The molecule has 0 bridgehead atoms. The zero-order chi connectivity index (χ0) is 13.1. The summed E-state index contributed by atoms with van der Waals surface area (Å²) in [5, 5.41) is 0. The molecule has 18 heavy (non-hydrogen) atoms. The lowest BCUT2D eigenvalue weighted by molar-refractivity contribution is 0.0999. The molecule has 0 unspecified atom stereocenters. The maximum atomic E-state index is 11.7. The minimum absolute atomic E-state index is 0.234. The van der Waals surface area contributed by atoms with Crippen LogP contribution in [0, 0.1) is 0 Å². The van der Waals surface area contributed by atoms with Crippen LogP contribution in [0.15, 0.2) is 42.6 Å². The summed E-state index contributed by atoms with van der Waals surface area (Å²) in [6.07, 6.45) is 1.73. The van der Waals surface area contributed by atoms with Crippen molar-refractivity contribution in [2.75, 3.05) is 0 Å². The van der Waals surface area contributed by atoms with Gasteiger partial charge < -0.3 is 5.73 Å². The van der Waals surface area contributed by atoms with Gasteiger partial charge in [0.25, 0.3) is 5.91 Å². The Morgan fingerprint density at radius 2 is 1.83 bits per heavy atom. The number of rotatable bonds is 3. The van der Waals surface area contributed by atoms with Crippen molar-refractivity contribution >= 4 is 5.91 Å². The van der Waals surface area contributed by atoms with Gasteiger partial charge in [0.15, 0.2) is 0 Å². The third-order valence-electron chi connectivity index (χ3n) is 2.90. The maximum absolute atomic E-state index is 11.7. The second-order valence-corrected chi connectivity index (χ2v) is 4.51. The van der Waals surface area contributed by atoms with E-state index in [2.05, 4.69) is 4.98 Å². The van der Waals surface area contributed by atoms with Crippen LogP contribution in [0.1, 0.15) is 35.7 Å². The fraction of sp³-hybridized carbons (Fsp3) is 0.200. The highest BCUT2D eigenvalue weighted by Crippen LogP contribution is 2.27. The van der Waals surface area contributed by atoms with Crippen molar-refractivity contribution in [2.24, 2.45) is 5.73 Å². The Morgan fingerprint density at radius 1 is 1.17 bits per heavy atom. The summed E-state index contributed by atoms with van der Waals surface area (Å²) >= 11 is 0. The number of carbonyl (C=O) groups excluding carboxylic acids is 1. The monoisotopic (exact) mass is 240 g/mol. The number of aromatic nitrogens is 1. The molecule has 0 saturated carbocycles. The molecule has 1 amide bonds. The van der Waals surface area contributed by atoms with E-state index in [0.29, 0.717) is 11.3 Å². The van der Waals surface area contributed by atoms with Crippen LogP contribution in [-0.2, 0) is 0 Å². The number of primary amides is 1. The quantitative estimate of drug-likeness (QED) is 0.896. The zero-order valence-corrected chi connectivity index (χ0v) is 10.6. The van der Waals surface area contributed by atoms with Crippen molar-refractivity contribution in [3.63, 3.8) is 0 Å². The van der Waals surface area contributed by atoms with Crippen LogP contribution in [0.3, 0.4) is 0 Å². The molecule has 0 radical (unpaired) electrons. The third kappa shape index (κ3) is 2.25. The summed E-state index contributed by atoms with van der Waals surface area (Å²) in [7, 11) is 0. The minimum Gasteiger partial charge on any atom is -0.366 e. The summed E-state index contributed by atoms with van der Waals surface area (Å²) in [5.74, 6) is -0.191. The molecule has 2 aromatic rings. The van der Waals surface area contributed by atoms with E-state index in [4.69, 9.17) is 5.73 Å². The molecule has 2 rings (SSSR count). The Bertz CT molecular complexity index is 562. The molecular weight excluding hydrogens is 224 g/mol. The summed E-state index contributed by atoms with van der Waals surface area (Å²) < 4.78 is 0. The molecule has 0 spiro atoms. The largest absolute Gasteiger partial charge is 0.366 e. The van der Waals surface area contributed by atoms with Crippen LogP contribution in [0.25, 0.3) is 11.3 Å². The number of carbonyl (C=O) groups is 1. The third-order valence-corrected chi connectivity index (χ3v) is 2.90. The van der Waals surface area contributed by atoms with E-state index in [1.54, 1.807) is 6.20 Å². The van der Waals surface area contributed by atoms with Crippen LogP contribution >= 0.6 is 0 Å². The van der Waals surface area contributed by atoms with Crippen LogP contribution in [0.5, 0.6) is 0 Å². The first kappa shape index (κ1) is 12.3. The summed E-state index contributed by atoms with van der Waals surface area (Å²) in [6, 6.07) is 11.5. The van der Waals surface area contributed by atoms with Crippen molar-refractivity contribution in [3.05, 3.63) is 53.7 Å². The van der Waals surface area contributed by atoms with Gasteiger partial charge in [0.2, 0.25) is 0 Å². The second-order valence-electron chi connectivity index (χ2n) is 4.51. The minimum atomic E-state index is -0.425. The van der Waals surface area contributed by atoms with Gasteiger partial charge >= 0.3 is 0 Å². The molecule has 2 N–H and O–H groups in total. The SMILES string of the molecule is CC(C)c1ccnc(-c2ccccc2)c1C(N)=O. The molecule has 0 aliphatic carbocycles. The van der Waals surface area contributed by atoms with Gasteiger partial charge in [-0.25, -0.2) is 0 Å². The van der Waals surface area contributed by atoms with E-state index >= 15 is 0 Å². The first-order valence-corrected chi connectivity index (χ1v) is 5.95. The van der Waals surface area contributed by atoms with Gasteiger partial charge in [-0.3, -0.25) is 9.78 Å². The molecule has 0 aliphatic heterocycles. The molecule has 92 valence electrons. The topological polar surface area (TPSA) is 56.0 Å². The van der Waals surface area contributed by atoms with E-state index in [0.717, 1.165) is 11.1 Å². The number of nitrogens with two attached hydrogens (primary N) is 1. The Balaban J connectivity index is 2.68. The maximum Gasteiger partial charge on any atom is 0.251 e. The van der Waals surface area contributed by atoms with Crippen LogP contribution in [-0.4, -0.2) is 10.9 Å². The van der Waals surface area contributed by atoms with Crippen molar-refractivity contribution in [2.45, 2.75) is 19.8 Å². The lowest BCUT2D eigenvalue weighted by atomic mass is 9.94. The normalized spacial score (nSPS) is 10.6. The van der Waals surface area contributed by atoms with Crippen molar-refractivity contribution in [1.29, 1.82) is 0 Å². The average molecular weight is 240 g/mol. The number of amides is 1. The molecule has 0 atom stereocenters. The molecule has 0 aliphatic rings. The van der Waals surface area contributed by atoms with Crippen molar-refractivity contribution in [3.8, 4) is 11.3 Å². The lowest BCUT2D eigenvalue weighted by Crippen LogP contribution is -2.16. The predicted octanol–water partition coefficient (Wildman–Crippen LogP) is 2.97. The second kappa shape index (κ2) is 5.00. The fourth-order valence-electron chi connectivity index (χ4n) is 2.03. The van der Waals surface area contributed by atoms with Crippen LogP contribution in [0.2, 0.25) is 0 Å². The Labute approximate surface area is 107 Å². The first-order chi connectivity index (χ1) is 8.61. The van der Waals surface area contributed by atoms with Gasteiger partial charge in [-0.05, 0) is 17.5 Å². The molecule has 3 nitrogen and oxygen atoms in total. The van der Waals surface area contributed by atoms with Crippen LogP contribution in [0.4, 0.5) is 0 Å². The van der Waals surface area contributed by atoms with Gasteiger partial charge in [-0.1, -0.05) is 44.2 Å². The Hall–Kier alpha value is -2.16. The van der Waals surface area contributed by atoms with Gasteiger partial charge in [0.05, 0.1) is 11.3 Å². The van der Waals surface area contributed by atoms with E-state index in [9.17, 15) is 4.79 Å². The number of benzene rings is 1. The van der Waals surface area contributed by atoms with E-state index in [1.165, 1.54) is 0 Å². The number of hydrogen-bond acceptors (Lipinski definition) is 2. The lowest BCUT2D eigenvalue weighted by Gasteiger charge is -2.13. The molecular formula is C15H16N2O. The first-order valence-electron chi connectivity index (χ1n) is 5.95. The highest BCUT2D eigenvalue weighted by Gasteiger charge is 2.17. The molecule has 3 heteroatoms. The average Bonchev–Trinajstić information content (AvgIpc) is 2.38. The smallest absolute Gasteiger partial charge is 0.251 e. The summed E-state index contributed by atoms with van der Waals surface area (Å²) in [4.78, 5) is 16.0. The van der Waals surface area contributed by atoms with Gasteiger partial charge in [-0.2, -0.15) is 0 Å².